The first-order chi connectivity index (χ1) is 7.88. The molecule has 5 nitrogen and oxygen atoms in total. The minimum Gasteiger partial charge on any atom is -0.496 e. The topological polar surface area (TPSA) is 81.6 Å². The molecule has 0 fully saturated rings. The Morgan fingerprint density at radius 3 is 2.18 bits per heavy atom. The highest BCUT2D eigenvalue weighted by molar-refractivity contribution is 5.82. The van der Waals surface area contributed by atoms with Gasteiger partial charge in [-0.2, -0.15) is 0 Å². The van der Waals surface area contributed by atoms with Crippen LogP contribution in [0.4, 0.5) is 0 Å². The molecule has 0 aromatic heterocycles. The van der Waals surface area contributed by atoms with Crippen molar-refractivity contribution >= 4 is 5.91 Å². The summed E-state index contributed by atoms with van der Waals surface area (Å²) >= 11 is 0. The minimum absolute atomic E-state index is 0.325. The Labute approximate surface area is 101 Å². The zero-order valence-corrected chi connectivity index (χ0v) is 10.7. The lowest BCUT2D eigenvalue weighted by Crippen LogP contribution is -2.40. The second kappa shape index (κ2) is 5.16. The fourth-order valence-electron chi connectivity index (χ4n) is 1.85. The molecule has 0 heterocycles. The van der Waals surface area contributed by atoms with E-state index in [4.69, 9.17) is 16.3 Å². The molecule has 0 aliphatic carbocycles. The van der Waals surface area contributed by atoms with Crippen LogP contribution in [0.3, 0.4) is 0 Å². The van der Waals surface area contributed by atoms with Gasteiger partial charge in [-0.1, -0.05) is 12.1 Å². The van der Waals surface area contributed by atoms with Gasteiger partial charge in [0.25, 0.3) is 5.91 Å². The molecule has 0 radical (unpaired) electrons. The Morgan fingerprint density at radius 1 is 1.35 bits per heavy atom. The van der Waals surface area contributed by atoms with Gasteiger partial charge in [-0.05, 0) is 30.5 Å². The summed E-state index contributed by atoms with van der Waals surface area (Å²) in [6.45, 7) is 3.83. The Balaban J connectivity index is 3.12. The zero-order chi connectivity index (χ0) is 13.2. The van der Waals surface area contributed by atoms with Gasteiger partial charge in [-0.15, -0.1) is 0 Å². The third-order valence-electron chi connectivity index (χ3n) is 2.66. The van der Waals surface area contributed by atoms with Crippen molar-refractivity contribution in [2.24, 2.45) is 11.6 Å². The van der Waals surface area contributed by atoms with E-state index in [2.05, 4.69) is 0 Å². The summed E-state index contributed by atoms with van der Waals surface area (Å²) < 4.78 is 5.26. The van der Waals surface area contributed by atoms with Crippen molar-refractivity contribution in [1.29, 1.82) is 0 Å². The second-order valence-corrected chi connectivity index (χ2v) is 4.11. The zero-order valence-electron chi connectivity index (χ0n) is 10.7. The van der Waals surface area contributed by atoms with Crippen molar-refractivity contribution < 1.29 is 9.53 Å². The number of aryl methyl sites for hydroxylation is 2. The van der Waals surface area contributed by atoms with Crippen LogP contribution >= 0.6 is 0 Å². The summed E-state index contributed by atoms with van der Waals surface area (Å²) in [5, 5.41) is 1.000. The smallest absolute Gasteiger partial charge is 0.257 e. The second-order valence-electron chi connectivity index (χ2n) is 4.11. The van der Waals surface area contributed by atoms with Gasteiger partial charge in [0, 0.05) is 7.05 Å². The average Bonchev–Trinajstić information content (AvgIpc) is 2.26. The number of carbonyl (C=O) groups is 1. The molecule has 0 saturated carbocycles. The van der Waals surface area contributed by atoms with Crippen molar-refractivity contribution in [3.63, 3.8) is 0 Å². The average molecular weight is 237 g/mol. The minimum atomic E-state index is -0.742. The first-order valence-electron chi connectivity index (χ1n) is 5.31. The number of benzene rings is 1. The highest BCUT2D eigenvalue weighted by Gasteiger charge is 2.19. The van der Waals surface area contributed by atoms with Crippen molar-refractivity contribution in [3.8, 4) is 5.75 Å². The number of methoxy groups -OCH3 is 1. The van der Waals surface area contributed by atoms with Crippen LogP contribution in [0.25, 0.3) is 0 Å². The molecule has 1 amide bonds. The molecular weight excluding hydrogens is 218 g/mol. The molecule has 1 atom stereocenters. The fourth-order valence-corrected chi connectivity index (χ4v) is 1.85. The lowest BCUT2D eigenvalue weighted by molar-refractivity contribution is -0.131. The number of ether oxygens (including phenoxy) is 1. The van der Waals surface area contributed by atoms with Crippen molar-refractivity contribution in [3.05, 3.63) is 28.8 Å². The largest absolute Gasteiger partial charge is 0.496 e. The van der Waals surface area contributed by atoms with E-state index in [9.17, 15) is 4.79 Å². The summed E-state index contributed by atoms with van der Waals surface area (Å²) in [5.41, 5.74) is 8.49. The van der Waals surface area contributed by atoms with Crippen LogP contribution in [-0.4, -0.2) is 25.1 Å². The van der Waals surface area contributed by atoms with Gasteiger partial charge >= 0.3 is 0 Å². The normalized spacial score (nSPS) is 12.1. The lowest BCUT2D eigenvalue weighted by Gasteiger charge is -2.18. The summed E-state index contributed by atoms with van der Waals surface area (Å²) in [7, 11) is 3.10. The SMILES string of the molecule is COc1c(C)cc(C(N)C(=O)N(C)N)cc1C. The predicted octanol–water partition coefficient (Wildman–Crippen LogP) is 0.644. The number of hydrogen-bond donors (Lipinski definition) is 2. The number of rotatable bonds is 3. The highest BCUT2D eigenvalue weighted by atomic mass is 16.5. The number of nitrogens with two attached hydrogens (primary N) is 2. The molecule has 0 spiro atoms. The van der Waals surface area contributed by atoms with E-state index in [-0.39, 0.29) is 5.91 Å². The molecule has 0 saturated heterocycles. The molecule has 4 N–H and O–H groups in total. The molecule has 0 bridgehead atoms. The van der Waals surface area contributed by atoms with Gasteiger partial charge < -0.3 is 10.5 Å². The predicted molar refractivity (Wildman–Crippen MR) is 66.4 cm³/mol. The molecule has 1 unspecified atom stereocenters. The van der Waals surface area contributed by atoms with Crippen molar-refractivity contribution in [1.82, 2.24) is 5.01 Å². The van der Waals surface area contributed by atoms with Crippen LogP contribution in [0.2, 0.25) is 0 Å². The number of hydrazine groups is 1. The van der Waals surface area contributed by atoms with Gasteiger partial charge in [0.1, 0.15) is 11.8 Å². The Bertz CT molecular complexity index is 407. The number of carbonyl (C=O) groups excluding carboxylic acids is 1. The van der Waals surface area contributed by atoms with Gasteiger partial charge in [-0.25, -0.2) is 5.84 Å². The van der Waals surface area contributed by atoms with E-state index in [0.717, 1.165) is 27.4 Å². The summed E-state index contributed by atoms with van der Waals surface area (Å²) in [4.78, 5) is 11.7. The summed E-state index contributed by atoms with van der Waals surface area (Å²) in [5.74, 6) is 5.87. The van der Waals surface area contributed by atoms with Gasteiger partial charge in [0.05, 0.1) is 7.11 Å². The molecule has 5 heteroatoms. The van der Waals surface area contributed by atoms with Crippen LogP contribution in [0.1, 0.15) is 22.7 Å². The van der Waals surface area contributed by atoms with Crippen LogP contribution in [0.5, 0.6) is 5.75 Å². The third kappa shape index (κ3) is 2.75. The maximum atomic E-state index is 11.7. The maximum Gasteiger partial charge on any atom is 0.257 e. The van der Waals surface area contributed by atoms with Gasteiger partial charge in [0.15, 0.2) is 0 Å². The quantitative estimate of drug-likeness (QED) is 0.459. The fraction of sp³-hybridized carbons (Fsp3) is 0.417. The summed E-state index contributed by atoms with van der Waals surface area (Å²) in [6, 6.07) is 2.95. The highest BCUT2D eigenvalue weighted by Crippen LogP contribution is 2.26. The van der Waals surface area contributed by atoms with E-state index < -0.39 is 6.04 Å². The number of likely N-dealkylation sites (N-methyl/N-ethyl adjacent to an activating group) is 1. The number of nitrogens with zero attached hydrogens (tertiary/aromatic N) is 1. The van der Waals surface area contributed by atoms with Crippen LogP contribution < -0.4 is 16.3 Å². The van der Waals surface area contributed by atoms with Crippen LogP contribution in [0, 0.1) is 13.8 Å². The summed E-state index contributed by atoms with van der Waals surface area (Å²) in [6.07, 6.45) is 0. The van der Waals surface area contributed by atoms with E-state index in [1.54, 1.807) is 7.11 Å². The van der Waals surface area contributed by atoms with E-state index >= 15 is 0 Å². The van der Waals surface area contributed by atoms with Crippen LogP contribution in [0.15, 0.2) is 12.1 Å². The van der Waals surface area contributed by atoms with Gasteiger partial charge in [-0.3, -0.25) is 9.80 Å². The van der Waals surface area contributed by atoms with E-state index in [0.29, 0.717) is 0 Å². The first kappa shape index (κ1) is 13.5. The van der Waals surface area contributed by atoms with Crippen LogP contribution in [-0.2, 0) is 4.79 Å². The molecule has 0 aliphatic heterocycles. The molecule has 0 aliphatic rings. The van der Waals surface area contributed by atoms with Crippen molar-refractivity contribution in [2.75, 3.05) is 14.2 Å². The maximum absolute atomic E-state index is 11.7. The van der Waals surface area contributed by atoms with Crippen molar-refractivity contribution in [2.45, 2.75) is 19.9 Å². The van der Waals surface area contributed by atoms with Gasteiger partial charge in [0.2, 0.25) is 0 Å². The Kier molecular flexibility index (Phi) is 4.09. The standard InChI is InChI=1S/C12H19N3O2/c1-7-5-9(6-8(2)11(7)17-4)10(13)12(16)15(3)14/h5-6,10H,13-14H2,1-4H3. The number of amides is 1. The van der Waals surface area contributed by atoms with E-state index in [1.165, 1.54) is 7.05 Å². The Hall–Kier alpha value is -1.59. The molecule has 17 heavy (non-hydrogen) atoms. The molecular formula is C12H19N3O2. The molecule has 94 valence electrons. The molecule has 1 rings (SSSR count). The molecule has 1 aromatic rings. The molecule has 1 aromatic carbocycles. The Morgan fingerprint density at radius 2 is 1.82 bits per heavy atom. The third-order valence-corrected chi connectivity index (χ3v) is 2.66. The lowest BCUT2D eigenvalue weighted by atomic mass is 10.00. The first-order valence-corrected chi connectivity index (χ1v) is 5.31. The van der Waals surface area contributed by atoms with E-state index in [1.807, 2.05) is 26.0 Å². The number of hydrogen-bond acceptors (Lipinski definition) is 4. The monoisotopic (exact) mass is 237 g/mol.